The molecule has 2 aromatic rings. The molecule has 0 spiro atoms. The van der Waals surface area contributed by atoms with Gasteiger partial charge in [-0.1, -0.05) is 35.9 Å². The van der Waals surface area contributed by atoms with Crippen molar-refractivity contribution >= 4 is 29.2 Å². The molecule has 0 aromatic heterocycles. The van der Waals surface area contributed by atoms with Crippen molar-refractivity contribution in [2.24, 2.45) is 11.8 Å². The number of aliphatic hydroxyl groups excluding tert-OH is 1. The van der Waals surface area contributed by atoms with E-state index in [2.05, 4.69) is 4.90 Å². The van der Waals surface area contributed by atoms with Gasteiger partial charge in [-0.05, 0) is 91.3 Å². The Labute approximate surface area is 246 Å². The third kappa shape index (κ3) is 6.40. The van der Waals surface area contributed by atoms with Gasteiger partial charge in [0.1, 0.15) is 12.4 Å². The van der Waals surface area contributed by atoms with Crippen LogP contribution in [0.15, 0.2) is 48.6 Å². The Morgan fingerprint density at radius 1 is 1.10 bits per heavy atom. The first-order valence-electron chi connectivity index (χ1n) is 14.5. The van der Waals surface area contributed by atoms with Crippen LogP contribution < -0.4 is 9.64 Å². The molecule has 9 heteroatoms. The van der Waals surface area contributed by atoms with Crippen LogP contribution in [-0.4, -0.2) is 64.9 Å². The molecular formula is C32H39ClN2O6. The van der Waals surface area contributed by atoms with Crippen molar-refractivity contribution in [2.45, 2.75) is 63.3 Å². The van der Waals surface area contributed by atoms with Crippen LogP contribution >= 0.6 is 11.6 Å². The number of carboxylic acid groups (broad SMARTS) is 1. The van der Waals surface area contributed by atoms with Gasteiger partial charge < -0.3 is 29.9 Å². The number of aryl methyl sites for hydroxylation is 1. The Balaban J connectivity index is 1.58. The molecule has 41 heavy (non-hydrogen) atoms. The molecule has 5 rings (SSSR count). The van der Waals surface area contributed by atoms with Crippen LogP contribution in [-0.2, 0) is 28.2 Å². The van der Waals surface area contributed by atoms with E-state index < -0.39 is 30.0 Å². The van der Waals surface area contributed by atoms with Gasteiger partial charge in [0, 0.05) is 31.7 Å². The molecule has 1 fully saturated rings. The molecular weight excluding hydrogens is 544 g/mol. The van der Waals surface area contributed by atoms with Crippen LogP contribution in [0.5, 0.6) is 5.75 Å². The number of anilines is 1. The summed E-state index contributed by atoms with van der Waals surface area (Å²) < 4.78 is 6.37. The number of ether oxygens (including phenoxy) is 1. The number of rotatable bonds is 1. The Hall–Kier alpha value is -3.07. The summed E-state index contributed by atoms with van der Waals surface area (Å²) in [6.07, 6.45) is 7.73. The zero-order valence-corrected chi connectivity index (χ0v) is 24.2. The Morgan fingerprint density at radius 2 is 1.93 bits per heavy atom. The van der Waals surface area contributed by atoms with E-state index in [1.54, 1.807) is 25.2 Å². The fraction of sp³-hybridized carbons (Fsp3) is 0.500. The van der Waals surface area contributed by atoms with E-state index in [4.69, 9.17) is 16.3 Å². The molecule has 4 atom stereocenters. The third-order valence-electron chi connectivity index (χ3n) is 8.99. The summed E-state index contributed by atoms with van der Waals surface area (Å²) in [7, 11) is 1.58. The summed E-state index contributed by atoms with van der Waals surface area (Å²) >= 11 is 6.29. The van der Waals surface area contributed by atoms with E-state index in [0.29, 0.717) is 42.6 Å². The molecule has 1 amide bonds. The first-order chi connectivity index (χ1) is 19.7. The number of aliphatic carboxylic acids is 1. The fourth-order valence-corrected chi connectivity index (χ4v) is 6.40. The number of nitrogens with zero attached hydrogens (tertiary/aromatic N) is 2. The van der Waals surface area contributed by atoms with Crippen molar-refractivity contribution in [1.82, 2.24) is 4.90 Å². The number of hydrogen-bond acceptors (Lipinski definition) is 6. The molecule has 3 N–H and O–H groups in total. The fourth-order valence-electron chi connectivity index (χ4n) is 6.21. The zero-order chi connectivity index (χ0) is 29.1. The van der Waals surface area contributed by atoms with Crippen LogP contribution in [0.1, 0.15) is 55.2 Å². The lowest BCUT2D eigenvalue weighted by molar-refractivity contribution is -0.164. The number of carbonyl (C=O) groups excluding carboxylic acids is 1. The number of carboxylic acids is 1. The lowest BCUT2D eigenvalue weighted by Gasteiger charge is -2.43. The summed E-state index contributed by atoms with van der Waals surface area (Å²) in [5, 5.41) is 33.3. The van der Waals surface area contributed by atoms with Gasteiger partial charge in [0.15, 0.2) is 5.60 Å². The number of benzene rings is 2. The highest BCUT2D eigenvalue weighted by Gasteiger charge is 2.42. The number of fused-ring (bicyclic) bond motifs is 3. The third-order valence-corrected chi connectivity index (χ3v) is 9.22. The van der Waals surface area contributed by atoms with E-state index in [0.717, 1.165) is 43.2 Å². The largest absolute Gasteiger partial charge is 0.487 e. The Bertz CT molecular complexity index is 1320. The SMILES string of the molecule is CN1C/C=C\C[C@H](O)[C@@H]2CC[C@H]2CN2CCCCc3cc(Cl)ccc3COc3ccc(cc32)[C@](O)(C(=O)O)CC1=O. The normalized spacial score (nSPS) is 28.3. The van der Waals surface area contributed by atoms with Crippen molar-refractivity contribution in [1.29, 1.82) is 0 Å². The molecule has 0 unspecified atom stereocenters. The quantitative estimate of drug-likeness (QED) is 0.424. The maximum atomic E-state index is 13.0. The first-order valence-corrected chi connectivity index (χ1v) is 14.9. The van der Waals surface area contributed by atoms with Gasteiger partial charge in [0.25, 0.3) is 0 Å². The lowest BCUT2D eigenvalue weighted by Crippen LogP contribution is -2.44. The highest BCUT2D eigenvalue weighted by Crippen LogP contribution is 2.42. The van der Waals surface area contributed by atoms with Gasteiger partial charge in [-0.2, -0.15) is 0 Å². The molecule has 2 aliphatic heterocycles. The lowest BCUT2D eigenvalue weighted by atomic mass is 9.69. The summed E-state index contributed by atoms with van der Waals surface area (Å²) in [5.74, 6) is -0.973. The minimum atomic E-state index is -2.41. The molecule has 0 radical (unpaired) electrons. The molecule has 0 saturated heterocycles. The maximum absolute atomic E-state index is 13.0. The number of amides is 1. The second-order valence-corrected chi connectivity index (χ2v) is 12.1. The Morgan fingerprint density at radius 3 is 2.68 bits per heavy atom. The monoisotopic (exact) mass is 582 g/mol. The Kier molecular flexibility index (Phi) is 8.92. The number of halogens is 1. The van der Waals surface area contributed by atoms with E-state index in [-0.39, 0.29) is 23.9 Å². The van der Waals surface area contributed by atoms with Crippen LogP contribution in [0.4, 0.5) is 5.69 Å². The van der Waals surface area contributed by atoms with Gasteiger partial charge in [-0.25, -0.2) is 4.79 Å². The van der Waals surface area contributed by atoms with E-state index >= 15 is 0 Å². The van der Waals surface area contributed by atoms with E-state index in [1.807, 2.05) is 30.4 Å². The average molecular weight is 583 g/mol. The number of likely N-dealkylation sites (N-methyl/N-ethyl adjacent to an activating group) is 1. The van der Waals surface area contributed by atoms with E-state index in [1.165, 1.54) is 4.90 Å². The predicted molar refractivity (Wildman–Crippen MR) is 157 cm³/mol. The zero-order valence-electron chi connectivity index (χ0n) is 23.5. The van der Waals surface area contributed by atoms with E-state index in [9.17, 15) is 24.9 Å². The van der Waals surface area contributed by atoms with Crippen molar-refractivity contribution in [2.75, 3.05) is 31.6 Å². The number of carbonyl (C=O) groups is 2. The smallest absolute Gasteiger partial charge is 0.340 e. The molecule has 2 aromatic carbocycles. The van der Waals surface area contributed by atoms with Gasteiger partial charge in [0.2, 0.25) is 5.91 Å². The standard InChI is InChI=1S/C32H39ClN2O6/c1-34-14-4-3-7-28(36)26-12-9-22(26)19-35-15-5-2-6-21-16-25(33)11-8-23(21)20-41-29-13-10-24(17-27(29)35)32(40,31(38)39)18-30(34)37/h3-4,8,10-11,13,16-17,22,26,28,36,40H,2,5-7,9,12,14-15,18-20H2,1H3,(H,38,39)/b4-3-/t22-,26+,28-,32-/m0/s1. The van der Waals surface area contributed by atoms with Crippen LogP contribution in [0.2, 0.25) is 5.02 Å². The molecule has 220 valence electrons. The number of hydrogen-bond donors (Lipinski definition) is 3. The summed E-state index contributed by atoms with van der Waals surface area (Å²) in [4.78, 5) is 29.1. The van der Waals surface area contributed by atoms with Crippen molar-refractivity contribution in [3.8, 4) is 5.75 Å². The molecule has 2 heterocycles. The van der Waals surface area contributed by atoms with Gasteiger partial charge >= 0.3 is 5.97 Å². The molecule has 1 saturated carbocycles. The number of aliphatic hydroxyl groups is 2. The molecule has 1 aliphatic carbocycles. The van der Waals surface area contributed by atoms with Crippen molar-refractivity contribution in [3.05, 3.63) is 70.3 Å². The summed E-state index contributed by atoms with van der Waals surface area (Å²) in [6.45, 7) is 1.95. The molecule has 8 nitrogen and oxygen atoms in total. The molecule has 3 aliphatic rings. The topological polar surface area (TPSA) is 111 Å². The van der Waals surface area contributed by atoms with Crippen molar-refractivity contribution in [3.63, 3.8) is 0 Å². The average Bonchev–Trinajstić information content (AvgIpc) is 2.95. The second kappa shape index (κ2) is 12.4. The van der Waals surface area contributed by atoms with Gasteiger partial charge in [-0.3, -0.25) is 4.79 Å². The van der Waals surface area contributed by atoms with Gasteiger partial charge in [-0.15, -0.1) is 0 Å². The summed E-state index contributed by atoms with van der Waals surface area (Å²) in [6, 6.07) is 10.7. The predicted octanol–water partition coefficient (Wildman–Crippen LogP) is 4.53. The van der Waals surface area contributed by atoms with Crippen molar-refractivity contribution < 1.29 is 29.6 Å². The van der Waals surface area contributed by atoms with Crippen LogP contribution in [0, 0.1) is 11.8 Å². The first kappa shape index (κ1) is 29.4. The highest BCUT2D eigenvalue weighted by atomic mass is 35.5. The van der Waals surface area contributed by atoms with Gasteiger partial charge in [0.05, 0.1) is 18.2 Å². The maximum Gasteiger partial charge on any atom is 0.340 e. The molecule has 2 bridgehead atoms. The minimum absolute atomic E-state index is 0.133. The van der Waals surface area contributed by atoms with Crippen LogP contribution in [0.25, 0.3) is 0 Å². The second-order valence-electron chi connectivity index (χ2n) is 11.7. The minimum Gasteiger partial charge on any atom is -0.487 e. The summed E-state index contributed by atoms with van der Waals surface area (Å²) in [5.41, 5.74) is 0.602. The van der Waals surface area contributed by atoms with Crippen LogP contribution in [0.3, 0.4) is 0 Å². The highest BCUT2D eigenvalue weighted by molar-refractivity contribution is 6.30.